The molecule has 0 radical (unpaired) electrons. The molecule has 1 unspecified atom stereocenters. The fourth-order valence-corrected chi connectivity index (χ4v) is 2.31. The van der Waals surface area contributed by atoms with Crippen molar-refractivity contribution in [3.8, 4) is 0 Å². The molecule has 0 bridgehead atoms. The van der Waals surface area contributed by atoms with Crippen LogP contribution in [-0.2, 0) is 21.8 Å². The number of nitrogens with zero attached hydrogens (tertiary/aromatic N) is 4. The van der Waals surface area contributed by atoms with E-state index >= 15 is 0 Å². The number of ether oxygens (including phenoxy) is 1. The summed E-state index contributed by atoms with van der Waals surface area (Å²) in [5.74, 6) is 1.98. The fraction of sp³-hybridized carbons (Fsp3) is 0.800. The normalized spacial score (nSPS) is 12.4. The summed E-state index contributed by atoms with van der Waals surface area (Å²) in [5.41, 5.74) is 5.63. The lowest BCUT2D eigenvalue weighted by atomic mass is 10.2. The Morgan fingerprint density at radius 1 is 1.61 bits per heavy atom. The predicted molar refractivity (Wildman–Crippen MR) is 68.9 cm³/mol. The van der Waals surface area contributed by atoms with Crippen LogP contribution in [0.2, 0.25) is 0 Å². The molecular formula is C10H19N5O2S. The molecule has 0 aliphatic rings. The number of hydrogen-bond donors (Lipinski definition) is 1. The molecule has 0 fully saturated rings. The number of hydrogen-bond acceptors (Lipinski definition) is 7. The minimum absolute atomic E-state index is 0.369. The third-order valence-electron chi connectivity index (χ3n) is 2.35. The van der Waals surface area contributed by atoms with Crippen LogP contribution in [0.15, 0.2) is 0 Å². The Hall–Kier alpha value is -1.15. The van der Waals surface area contributed by atoms with E-state index in [2.05, 4.69) is 27.2 Å². The molecule has 0 aliphatic carbocycles. The van der Waals surface area contributed by atoms with Crippen LogP contribution in [0.25, 0.3) is 0 Å². The standard InChI is InChI=1S/C10H19N5O2S/c1-3-5-15-9(12-13-14-15)7-18-6-4-8(11)10(16)17-2/h8H,3-7,11H2,1-2H3. The Balaban J connectivity index is 2.25. The van der Waals surface area contributed by atoms with Crippen molar-refractivity contribution in [2.45, 2.75) is 38.1 Å². The first-order chi connectivity index (χ1) is 8.69. The molecule has 2 N–H and O–H groups in total. The summed E-state index contributed by atoms with van der Waals surface area (Å²) in [6, 6.07) is -0.547. The number of nitrogens with two attached hydrogens (primary N) is 1. The first-order valence-corrected chi connectivity index (χ1v) is 7.00. The van der Waals surface area contributed by atoms with E-state index in [1.54, 1.807) is 16.4 Å². The highest BCUT2D eigenvalue weighted by atomic mass is 32.2. The molecule has 0 amide bonds. The van der Waals surface area contributed by atoms with Gasteiger partial charge in [0.2, 0.25) is 0 Å². The summed E-state index contributed by atoms with van der Waals surface area (Å²) >= 11 is 1.66. The maximum absolute atomic E-state index is 11.1. The summed E-state index contributed by atoms with van der Waals surface area (Å²) < 4.78 is 6.36. The van der Waals surface area contributed by atoms with Crippen molar-refractivity contribution in [1.29, 1.82) is 0 Å². The number of carbonyl (C=O) groups excluding carboxylic acids is 1. The van der Waals surface area contributed by atoms with Crippen LogP contribution in [0.5, 0.6) is 0 Å². The van der Waals surface area contributed by atoms with Gasteiger partial charge < -0.3 is 10.5 Å². The third-order valence-corrected chi connectivity index (χ3v) is 3.34. The second-order valence-corrected chi connectivity index (χ2v) is 4.89. The number of tetrazole rings is 1. The number of aryl methyl sites for hydroxylation is 1. The van der Waals surface area contributed by atoms with Crippen molar-refractivity contribution in [2.75, 3.05) is 12.9 Å². The lowest BCUT2D eigenvalue weighted by Crippen LogP contribution is -2.32. The molecular weight excluding hydrogens is 254 g/mol. The van der Waals surface area contributed by atoms with Crippen molar-refractivity contribution >= 4 is 17.7 Å². The molecule has 102 valence electrons. The van der Waals surface area contributed by atoms with Gasteiger partial charge in [-0.15, -0.1) is 5.10 Å². The lowest BCUT2D eigenvalue weighted by molar-refractivity contribution is -0.142. The number of carbonyl (C=O) groups is 1. The molecule has 1 rings (SSSR count). The molecule has 0 saturated heterocycles. The van der Waals surface area contributed by atoms with Crippen molar-refractivity contribution < 1.29 is 9.53 Å². The Morgan fingerprint density at radius 3 is 3.06 bits per heavy atom. The van der Waals surface area contributed by atoms with Gasteiger partial charge in [-0.3, -0.25) is 4.79 Å². The van der Waals surface area contributed by atoms with Crippen molar-refractivity contribution in [1.82, 2.24) is 20.2 Å². The zero-order valence-corrected chi connectivity index (χ0v) is 11.5. The summed E-state index contributed by atoms with van der Waals surface area (Å²) in [5, 5.41) is 11.5. The van der Waals surface area contributed by atoms with Crippen molar-refractivity contribution in [3.05, 3.63) is 5.82 Å². The molecule has 0 spiro atoms. The Morgan fingerprint density at radius 2 is 2.39 bits per heavy atom. The smallest absolute Gasteiger partial charge is 0.322 e. The summed E-state index contributed by atoms with van der Waals surface area (Å²) in [6.07, 6.45) is 1.59. The summed E-state index contributed by atoms with van der Waals surface area (Å²) in [7, 11) is 1.34. The molecule has 0 aromatic carbocycles. The highest BCUT2D eigenvalue weighted by Gasteiger charge is 2.13. The van der Waals surface area contributed by atoms with Crippen LogP contribution in [0.3, 0.4) is 0 Å². The zero-order valence-electron chi connectivity index (χ0n) is 10.7. The van der Waals surface area contributed by atoms with Crippen LogP contribution >= 0.6 is 11.8 Å². The number of methoxy groups -OCH3 is 1. The van der Waals surface area contributed by atoms with Crippen LogP contribution < -0.4 is 5.73 Å². The quantitative estimate of drug-likeness (QED) is 0.534. The topological polar surface area (TPSA) is 95.9 Å². The van der Waals surface area contributed by atoms with E-state index in [1.165, 1.54) is 7.11 Å². The SMILES string of the molecule is CCCn1nnnc1CSCCC(N)C(=O)OC. The number of thioether (sulfide) groups is 1. The molecule has 7 nitrogen and oxygen atoms in total. The van der Waals surface area contributed by atoms with Crippen LogP contribution in [0.1, 0.15) is 25.6 Å². The summed E-state index contributed by atoms with van der Waals surface area (Å²) in [4.78, 5) is 11.1. The first-order valence-electron chi connectivity index (χ1n) is 5.85. The Bertz CT molecular complexity index is 371. The van der Waals surface area contributed by atoms with E-state index in [0.29, 0.717) is 6.42 Å². The zero-order chi connectivity index (χ0) is 13.4. The molecule has 1 atom stereocenters. The minimum atomic E-state index is -0.547. The highest BCUT2D eigenvalue weighted by molar-refractivity contribution is 7.98. The molecule has 1 heterocycles. The highest BCUT2D eigenvalue weighted by Crippen LogP contribution is 2.11. The van der Waals surface area contributed by atoms with Gasteiger partial charge in [-0.25, -0.2) is 4.68 Å². The van der Waals surface area contributed by atoms with E-state index in [0.717, 1.165) is 30.3 Å². The molecule has 8 heteroatoms. The number of aromatic nitrogens is 4. The largest absolute Gasteiger partial charge is 0.468 e. The second kappa shape index (κ2) is 8.04. The maximum atomic E-state index is 11.1. The molecule has 0 saturated carbocycles. The van der Waals surface area contributed by atoms with Crippen molar-refractivity contribution in [2.24, 2.45) is 5.73 Å². The van der Waals surface area contributed by atoms with E-state index in [1.807, 2.05) is 0 Å². The van der Waals surface area contributed by atoms with E-state index in [-0.39, 0.29) is 5.97 Å². The maximum Gasteiger partial charge on any atom is 0.322 e. The van der Waals surface area contributed by atoms with Gasteiger partial charge in [0.25, 0.3) is 0 Å². The Labute approximate surface area is 110 Å². The molecule has 1 aromatic rings. The second-order valence-electron chi connectivity index (χ2n) is 3.79. The first kappa shape index (κ1) is 14.9. The number of esters is 1. The van der Waals surface area contributed by atoms with E-state index in [9.17, 15) is 4.79 Å². The molecule has 0 aliphatic heterocycles. The average Bonchev–Trinajstić information content (AvgIpc) is 2.81. The molecule has 1 aromatic heterocycles. The van der Waals surface area contributed by atoms with Gasteiger partial charge in [-0.2, -0.15) is 11.8 Å². The van der Waals surface area contributed by atoms with Crippen LogP contribution in [0.4, 0.5) is 0 Å². The predicted octanol–water partition coefficient (Wildman–Crippen LogP) is 0.207. The number of rotatable bonds is 8. The van der Waals surface area contributed by atoms with Gasteiger partial charge in [-0.1, -0.05) is 6.92 Å². The minimum Gasteiger partial charge on any atom is -0.468 e. The van der Waals surface area contributed by atoms with Crippen LogP contribution in [0, 0.1) is 0 Å². The van der Waals surface area contributed by atoms with Gasteiger partial charge >= 0.3 is 5.97 Å². The fourth-order valence-electron chi connectivity index (χ4n) is 1.36. The van der Waals surface area contributed by atoms with Crippen molar-refractivity contribution in [3.63, 3.8) is 0 Å². The van der Waals surface area contributed by atoms with E-state index in [4.69, 9.17) is 5.73 Å². The average molecular weight is 273 g/mol. The Kier molecular flexibility index (Phi) is 6.66. The van der Waals surface area contributed by atoms with Gasteiger partial charge in [0.05, 0.1) is 12.9 Å². The lowest BCUT2D eigenvalue weighted by Gasteiger charge is -2.08. The van der Waals surface area contributed by atoms with E-state index < -0.39 is 6.04 Å². The van der Waals surface area contributed by atoms with Gasteiger partial charge in [-0.05, 0) is 29.0 Å². The summed E-state index contributed by atoms with van der Waals surface area (Å²) in [6.45, 7) is 2.90. The van der Waals surface area contributed by atoms with Crippen LogP contribution in [-0.4, -0.2) is 45.1 Å². The van der Waals surface area contributed by atoms with Gasteiger partial charge in [0.1, 0.15) is 6.04 Å². The van der Waals surface area contributed by atoms with Gasteiger partial charge in [0, 0.05) is 6.54 Å². The molecule has 18 heavy (non-hydrogen) atoms. The monoisotopic (exact) mass is 273 g/mol. The van der Waals surface area contributed by atoms with Gasteiger partial charge in [0.15, 0.2) is 5.82 Å². The third kappa shape index (κ3) is 4.61.